The van der Waals surface area contributed by atoms with Crippen molar-refractivity contribution in [1.29, 1.82) is 0 Å². The first-order chi connectivity index (χ1) is 19.1. The lowest BCUT2D eigenvalue weighted by atomic mass is 9.87. The third kappa shape index (κ3) is 10.8. The number of anilines is 4. The number of para-hydroxylation sites is 2. The van der Waals surface area contributed by atoms with Gasteiger partial charge in [-0.25, -0.2) is 0 Å². The molecule has 2 N–H and O–H groups in total. The molecular weight excluding hydrogens is 484 g/mol. The average molecular weight is 529 g/mol. The molecule has 0 aliphatic heterocycles. The molecule has 0 aromatic heterocycles. The topological polar surface area (TPSA) is 24.1 Å². The van der Waals surface area contributed by atoms with Crippen LogP contribution in [-0.2, 0) is 10.8 Å². The summed E-state index contributed by atoms with van der Waals surface area (Å²) < 4.78 is 0. The van der Waals surface area contributed by atoms with Crippen molar-refractivity contribution >= 4 is 22.7 Å². The molecule has 5 aromatic rings. The number of nitrogens with one attached hydrogen (secondary N) is 2. The Labute approximate surface area is 242 Å². The monoisotopic (exact) mass is 528 g/mol. The van der Waals surface area contributed by atoms with Crippen molar-refractivity contribution < 1.29 is 0 Å². The van der Waals surface area contributed by atoms with E-state index in [-0.39, 0.29) is 0 Å². The Morgan fingerprint density at radius 1 is 0.300 bits per heavy atom. The highest BCUT2D eigenvalue weighted by Gasteiger charge is 2.12. The fraction of sp³-hybridized carbons (Fsp3) is 0.211. The predicted octanol–water partition coefficient (Wildman–Crippen LogP) is 11.1. The Kier molecular flexibility index (Phi) is 11.1. The lowest BCUT2D eigenvalue weighted by molar-refractivity contribution is 0.590. The highest BCUT2D eigenvalue weighted by atomic mass is 14.9. The van der Waals surface area contributed by atoms with Gasteiger partial charge in [-0.05, 0) is 70.5 Å². The summed E-state index contributed by atoms with van der Waals surface area (Å²) in [5, 5.41) is 6.73. The van der Waals surface area contributed by atoms with E-state index in [1.165, 1.54) is 11.1 Å². The van der Waals surface area contributed by atoms with Crippen molar-refractivity contribution in [3.63, 3.8) is 0 Å². The van der Waals surface area contributed by atoms with Crippen LogP contribution in [0.5, 0.6) is 0 Å². The van der Waals surface area contributed by atoms with Crippen LogP contribution in [0.25, 0.3) is 0 Å². The summed E-state index contributed by atoms with van der Waals surface area (Å²) >= 11 is 0. The first kappa shape index (κ1) is 30.2. The molecule has 0 bridgehead atoms. The first-order valence-electron chi connectivity index (χ1n) is 14.0. The Hall–Kier alpha value is -4.30. The summed E-state index contributed by atoms with van der Waals surface area (Å²) in [5.41, 5.74) is 7.73. The molecule has 0 atom stereocenters. The van der Waals surface area contributed by atoms with Gasteiger partial charge in [0.15, 0.2) is 0 Å². The van der Waals surface area contributed by atoms with Crippen LogP contribution in [-0.4, -0.2) is 0 Å². The Morgan fingerprint density at radius 2 is 0.525 bits per heavy atom. The molecule has 2 heteroatoms. The fourth-order valence-corrected chi connectivity index (χ4v) is 3.89. The quantitative estimate of drug-likeness (QED) is 0.242. The summed E-state index contributed by atoms with van der Waals surface area (Å²) in [5.74, 6) is 0. The third-order valence-electron chi connectivity index (χ3n) is 6.29. The van der Waals surface area contributed by atoms with E-state index >= 15 is 0 Å². The molecule has 0 amide bonds. The van der Waals surface area contributed by atoms with E-state index in [1.54, 1.807) is 0 Å². The van der Waals surface area contributed by atoms with Crippen LogP contribution in [0.4, 0.5) is 22.7 Å². The highest BCUT2D eigenvalue weighted by Crippen LogP contribution is 2.22. The van der Waals surface area contributed by atoms with Crippen molar-refractivity contribution in [3.8, 4) is 0 Å². The van der Waals surface area contributed by atoms with Crippen LogP contribution in [0.3, 0.4) is 0 Å². The number of hydrogen-bond donors (Lipinski definition) is 2. The number of hydrogen-bond acceptors (Lipinski definition) is 2. The maximum absolute atomic E-state index is 3.37. The summed E-state index contributed by atoms with van der Waals surface area (Å²) in [6.45, 7) is 13.3. The Morgan fingerprint density at radius 3 is 0.750 bits per heavy atom. The molecule has 0 saturated heterocycles. The second kappa shape index (κ2) is 14.7. The second-order valence-corrected chi connectivity index (χ2v) is 11.8. The van der Waals surface area contributed by atoms with Crippen LogP contribution in [0, 0.1) is 0 Å². The summed E-state index contributed by atoms with van der Waals surface area (Å²) in [7, 11) is 0. The van der Waals surface area contributed by atoms with Crippen molar-refractivity contribution in [2.24, 2.45) is 0 Å². The van der Waals surface area contributed by atoms with Gasteiger partial charge in [0.1, 0.15) is 0 Å². The van der Waals surface area contributed by atoms with Gasteiger partial charge in [0.2, 0.25) is 0 Å². The Bertz CT molecular complexity index is 1240. The zero-order chi connectivity index (χ0) is 28.8. The van der Waals surface area contributed by atoms with E-state index in [0.29, 0.717) is 10.8 Å². The minimum absolute atomic E-state index is 0.293. The van der Waals surface area contributed by atoms with Gasteiger partial charge in [-0.3, -0.25) is 0 Å². The molecule has 0 saturated carbocycles. The zero-order valence-corrected chi connectivity index (χ0v) is 24.9. The predicted molar refractivity (Wildman–Crippen MR) is 176 cm³/mol. The minimum atomic E-state index is 0.293. The van der Waals surface area contributed by atoms with Gasteiger partial charge in [-0.1, -0.05) is 139 Å². The lowest BCUT2D eigenvalue weighted by Crippen LogP contribution is -2.10. The molecule has 0 aliphatic carbocycles. The molecule has 40 heavy (non-hydrogen) atoms. The van der Waals surface area contributed by atoms with Crippen LogP contribution in [0.2, 0.25) is 0 Å². The van der Waals surface area contributed by atoms with E-state index < -0.39 is 0 Å². The third-order valence-corrected chi connectivity index (χ3v) is 6.29. The van der Waals surface area contributed by atoms with Crippen LogP contribution >= 0.6 is 0 Å². The van der Waals surface area contributed by atoms with Crippen LogP contribution < -0.4 is 10.6 Å². The van der Waals surface area contributed by atoms with Crippen molar-refractivity contribution in [2.45, 2.75) is 52.4 Å². The van der Waals surface area contributed by atoms with E-state index in [0.717, 1.165) is 22.7 Å². The standard InChI is InChI=1S/C18H16N2.2C10H14/c1-3-7-15(8-4-1)19-17-11-13-18(14-12-17)20-16-9-5-2-6-10-16;2*1-10(2,3)9-7-5-4-6-8-9/h1-14,19-20H;2*4-8H,1-3H3. The first-order valence-corrected chi connectivity index (χ1v) is 14.0. The number of benzene rings is 5. The average Bonchev–Trinajstić information content (AvgIpc) is 2.96. The van der Waals surface area contributed by atoms with Crippen molar-refractivity contribution in [2.75, 3.05) is 10.6 Å². The molecule has 2 nitrogen and oxygen atoms in total. The molecule has 0 radical (unpaired) electrons. The molecule has 206 valence electrons. The minimum Gasteiger partial charge on any atom is -0.356 e. The Balaban J connectivity index is 0.000000185. The lowest BCUT2D eigenvalue weighted by Gasteiger charge is -2.18. The molecular formula is C38H44N2. The van der Waals surface area contributed by atoms with E-state index in [4.69, 9.17) is 0 Å². The molecule has 5 aromatic carbocycles. The van der Waals surface area contributed by atoms with Gasteiger partial charge in [-0.2, -0.15) is 0 Å². The van der Waals surface area contributed by atoms with E-state index in [9.17, 15) is 0 Å². The molecule has 5 rings (SSSR count). The molecule has 0 heterocycles. The molecule has 0 fully saturated rings. The van der Waals surface area contributed by atoms with Crippen LogP contribution in [0.1, 0.15) is 52.7 Å². The van der Waals surface area contributed by atoms with Crippen LogP contribution in [0.15, 0.2) is 146 Å². The normalized spacial score (nSPS) is 10.8. The van der Waals surface area contributed by atoms with E-state index in [2.05, 4.69) is 161 Å². The molecule has 0 spiro atoms. The molecule has 0 aliphatic rings. The van der Waals surface area contributed by atoms with Gasteiger partial charge >= 0.3 is 0 Å². The SMILES string of the molecule is CC(C)(C)c1ccccc1.CC(C)(C)c1ccccc1.c1ccc(Nc2ccc(Nc3ccccc3)cc2)cc1. The summed E-state index contributed by atoms with van der Waals surface area (Å²) in [6.07, 6.45) is 0. The summed E-state index contributed by atoms with van der Waals surface area (Å²) in [4.78, 5) is 0. The van der Waals surface area contributed by atoms with Gasteiger partial charge in [0.05, 0.1) is 0 Å². The highest BCUT2D eigenvalue weighted by molar-refractivity contribution is 5.65. The number of rotatable bonds is 4. The van der Waals surface area contributed by atoms with E-state index in [1.807, 2.05) is 36.4 Å². The smallest absolute Gasteiger partial charge is 0.0385 e. The van der Waals surface area contributed by atoms with Gasteiger partial charge < -0.3 is 10.6 Å². The molecule has 0 unspecified atom stereocenters. The maximum Gasteiger partial charge on any atom is 0.0385 e. The largest absolute Gasteiger partial charge is 0.356 e. The second-order valence-electron chi connectivity index (χ2n) is 11.8. The summed E-state index contributed by atoms with van der Waals surface area (Å²) in [6, 6.07) is 49.7. The van der Waals surface area contributed by atoms with Gasteiger partial charge in [0, 0.05) is 22.7 Å². The zero-order valence-electron chi connectivity index (χ0n) is 24.9. The van der Waals surface area contributed by atoms with Gasteiger partial charge in [-0.15, -0.1) is 0 Å². The fourth-order valence-electron chi connectivity index (χ4n) is 3.89. The van der Waals surface area contributed by atoms with Gasteiger partial charge in [0.25, 0.3) is 0 Å². The maximum atomic E-state index is 3.37. The van der Waals surface area contributed by atoms with Crippen molar-refractivity contribution in [3.05, 3.63) is 157 Å². The van der Waals surface area contributed by atoms with Crippen molar-refractivity contribution in [1.82, 2.24) is 0 Å².